The largest absolute Gasteiger partial charge is 0.355 e. The predicted molar refractivity (Wildman–Crippen MR) is 179 cm³/mol. The zero-order valence-electron chi connectivity index (χ0n) is 22.9. The number of hydrogen-bond acceptors (Lipinski definition) is 0. The number of hydrogen-bond donors (Lipinski definition) is 1. The van der Waals surface area contributed by atoms with Crippen LogP contribution < -0.4 is 0 Å². The first-order valence-electron chi connectivity index (χ1n) is 14.4. The number of nitrogens with one attached hydrogen (secondary N) is 1. The smallest absolute Gasteiger partial charge is 0.0541 e. The van der Waals surface area contributed by atoms with Crippen molar-refractivity contribution >= 4 is 54.4 Å². The van der Waals surface area contributed by atoms with Crippen LogP contribution in [0.25, 0.3) is 82.3 Å². The van der Waals surface area contributed by atoms with Crippen molar-refractivity contribution in [2.24, 2.45) is 0 Å². The van der Waals surface area contributed by atoms with Crippen LogP contribution >= 0.6 is 0 Å². The maximum Gasteiger partial charge on any atom is 0.0541 e. The number of para-hydroxylation sites is 2. The molecule has 0 aliphatic rings. The lowest BCUT2D eigenvalue weighted by atomic mass is 9.98. The van der Waals surface area contributed by atoms with Crippen molar-refractivity contribution in [1.82, 2.24) is 9.55 Å². The number of benzene rings is 7. The second-order valence-corrected chi connectivity index (χ2v) is 11.1. The maximum absolute atomic E-state index is 3.64. The predicted octanol–water partition coefficient (Wildman–Crippen LogP) is 10.9. The standard InChI is InChI=1S/C40H26N2/c1-2-10-32(11-3-1)42-39-13-7-6-12-33(39)36-25-31(18-21-40(36)42)30-17-20-38-35(24-30)34-23-29(16-19-37(34)41-38)28-15-14-26-8-4-5-9-27(26)22-28/h1-25,41H. The van der Waals surface area contributed by atoms with Crippen molar-refractivity contribution in [3.63, 3.8) is 0 Å². The Morgan fingerprint density at radius 3 is 1.67 bits per heavy atom. The molecular formula is C40H26N2. The highest BCUT2D eigenvalue weighted by molar-refractivity contribution is 6.12. The highest BCUT2D eigenvalue weighted by atomic mass is 15.0. The number of rotatable bonds is 3. The van der Waals surface area contributed by atoms with Crippen LogP contribution in [0.15, 0.2) is 152 Å². The van der Waals surface area contributed by atoms with Gasteiger partial charge in [0.2, 0.25) is 0 Å². The SMILES string of the molecule is c1ccc(-n2c3ccccc3c3cc(-c4ccc5[nH]c6ccc(-c7ccc8ccccc8c7)cc6c5c4)ccc32)cc1. The van der Waals surface area contributed by atoms with Crippen molar-refractivity contribution in [3.8, 4) is 27.9 Å². The number of nitrogens with zero attached hydrogens (tertiary/aromatic N) is 1. The van der Waals surface area contributed by atoms with Crippen LogP contribution in [0.3, 0.4) is 0 Å². The zero-order valence-corrected chi connectivity index (χ0v) is 22.9. The van der Waals surface area contributed by atoms with Crippen molar-refractivity contribution in [2.45, 2.75) is 0 Å². The minimum atomic E-state index is 1.16. The number of H-pyrrole nitrogens is 1. The van der Waals surface area contributed by atoms with Gasteiger partial charge >= 0.3 is 0 Å². The summed E-state index contributed by atoms with van der Waals surface area (Å²) in [6, 6.07) is 55.1. The molecule has 0 saturated heterocycles. The summed E-state index contributed by atoms with van der Waals surface area (Å²) in [7, 11) is 0. The Balaban J connectivity index is 1.20. The Bertz CT molecular complexity index is 2460. The summed E-state index contributed by atoms with van der Waals surface area (Å²) < 4.78 is 2.37. The van der Waals surface area contributed by atoms with E-state index < -0.39 is 0 Å². The van der Waals surface area contributed by atoms with Crippen LogP contribution in [-0.4, -0.2) is 9.55 Å². The van der Waals surface area contributed by atoms with Crippen LogP contribution in [0.2, 0.25) is 0 Å². The van der Waals surface area contributed by atoms with E-state index in [0.29, 0.717) is 0 Å². The molecule has 2 nitrogen and oxygen atoms in total. The van der Waals surface area contributed by atoms with E-state index in [1.54, 1.807) is 0 Å². The molecule has 0 amide bonds. The van der Waals surface area contributed by atoms with Crippen molar-refractivity contribution in [1.29, 1.82) is 0 Å². The first-order chi connectivity index (χ1) is 20.8. The van der Waals surface area contributed by atoms with Gasteiger partial charge in [0, 0.05) is 38.3 Å². The van der Waals surface area contributed by atoms with E-state index in [4.69, 9.17) is 0 Å². The molecule has 42 heavy (non-hydrogen) atoms. The zero-order chi connectivity index (χ0) is 27.6. The molecule has 2 heteroatoms. The Morgan fingerprint density at radius 1 is 0.357 bits per heavy atom. The summed E-state index contributed by atoms with van der Waals surface area (Å²) in [6.45, 7) is 0. The van der Waals surface area contributed by atoms with E-state index in [9.17, 15) is 0 Å². The molecule has 0 aliphatic heterocycles. The fraction of sp³-hybridized carbons (Fsp3) is 0. The van der Waals surface area contributed by atoms with Gasteiger partial charge in [-0.25, -0.2) is 0 Å². The summed E-state index contributed by atoms with van der Waals surface area (Å²) in [5.41, 5.74) is 10.9. The van der Waals surface area contributed by atoms with E-state index in [1.807, 2.05) is 0 Å². The molecule has 0 saturated carbocycles. The molecule has 2 heterocycles. The Morgan fingerprint density at radius 2 is 0.905 bits per heavy atom. The lowest BCUT2D eigenvalue weighted by molar-refractivity contribution is 1.18. The van der Waals surface area contributed by atoms with Gasteiger partial charge in [-0.15, -0.1) is 0 Å². The molecule has 2 aromatic heterocycles. The van der Waals surface area contributed by atoms with E-state index in [1.165, 1.54) is 71.3 Å². The molecule has 0 radical (unpaired) electrons. The van der Waals surface area contributed by atoms with Crippen molar-refractivity contribution in [3.05, 3.63) is 152 Å². The van der Waals surface area contributed by atoms with E-state index in [0.717, 1.165) is 11.0 Å². The van der Waals surface area contributed by atoms with Crippen molar-refractivity contribution < 1.29 is 0 Å². The lowest BCUT2D eigenvalue weighted by Crippen LogP contribution is -1.92. The van der Waals surface area contributed by atoms with Crippen molar-refractivity contribution in [2.75, 3.05) is 0 Å². The summed E-state index contributed by atoms with van der Waals surface area (Å²) in [4.78, 5) is 3.64. The molecule has 196 valence electrons. The highest BCUT2D eigenvalue weighted by Gasteiger charge is 2.14. The fourth-order valence-electron chi connectivity index (χ4n) is 6.63. The highest BCUT2D eigenvalue weighted by Crippen LogP contribution is 2.37. The molecule has 0 unspecified atom stereocenters. The summed E-state index contributed by atoms with van der Waals surface area (Å²) in [5.74, 6) is 0. The minimum absolute atomic E-state index is 1.16. The Kier molecular flexibility index (Phi) is 4.93. The minimum Gasteiger partial charge on any atom is -0.355 e. The average Bonchev–Trinajstić information content (AvgIpc) is 3.59. The monoisotopic (exact) mass is 534 g/mol. The third-order valence-electron chi connectivity index (χ3n) is 8.70. The molecule has 0 bridgehead atoms. The molecule has 9 aromatic rings. The maximum atomic E-state index is 3.64. The van der Waals surface area contributed by atoms with Crippen LogP contribution in [0.5, 0.6) is 0 Å². The molecule has 0 atom stereocenters. The molecule has 0 fully saturated rings. The van der Waals surface area contributed by atoms with Crippen LogP contribution in [0.4, 0.5) is 0 Å². The fourth-order valence-corrected chi connectivity index (χ4v) is 6.63. The van der Waals surface area contributed by atoms with Crippen LogP contribution in [0.1, 0.15) is 0 Å². The Hall–Kier alpha value is -5.60. The van der Waals surface area contributed by atoms with E-state index in [-0.39, 0.29) is 0 Å². The second kappa shape index (κ2) is 8.95. The molecule has 7 aromatic carbocycles. The average molecular weight is 535 g/mol. The van der Waals surface area contributed by atoms with Gasteiger partial charge in [-0.05, 0) is 93.7 Å². The topological polar surface area (TPSA) is 20.7 Å². The Labute approximate surface area is 243 Å². The quantitative estimate of drug-likeness (QED) is 0.233. The van der Waals surface area contributed by atoms with Gasteiger partial charge in [-0.1, -0.05) is 91.0 Å². The summed E-state index contributed by atoms with van der Waals surface area (Å²) in [5, 5.41) is 7.57. The third kappa shape index (κ3) is 3.52. The normalized spacial score (nSPS) is 11.8. The number of aromatic amines is 1. The lowest BCUT2D eigenvalue weighted by Gasteiger charge is -2.08. The summed E-state index contributed by atoms with van der Waals surface area (Å²) in [6.07, 6.45) is 0. The number of fused-ring (bicyclic) bond motifs is 7. The first-order valence-corrected chi connectivity index (χ1v) is 14.4. The molecular weight excluding hydrogens is 508 g/mol. The van der Waals surface area contributed by atoms with Gasteiger partial charge in [0.15, 0.2) is 0 Å². The second-order valence-electron chi connectivity index (χ2n) is 11.1. The molecule has 0 spiro atoms. The number of aromatic nitrogens is 2. The molecule has 9 rings (SSSR count). The van der Waals surface area contributed by atoms with Crippen LogP contribution in [-0.2, 0) is 0 Å². The van der Waals surface area contributed by atoms with Gasteiger partial charge < -0.3 is 9.55 Å². The van der Waals surface area contributed by atoms with Crippen LogP contribution in [0, 0.1) is 0 Å². The van der Waals surface area contributed by atoms with Gasteiger partial charge in [0.25, 0.3) is 0 Å². The van der Waals surface area contributed by atoms with Gasteiger partial charge in [0.05, 0.1) is 11.0 Å². The van der Waals surface area contributed by atoms with Gasteiger partial charge in [-0.2, -0.15) is 0 Å². The van der Waals surface area contributed by atoms with E-state index >= 15 is 0 Å². The van der Waals surface area contributed by atoms with E-state index in [2.05, 4.69) is 161 Å². The third-order valence-corrected chi connectivity index (χ3v) is 8.70. The van der Waals surface area contributed by atoms with Gasteiger partial charge in [0.1, 0.15) is 0 Å². The first kappa shape index (κ1) is 23.1. The molecule has 0 aliphatic carbocycles. The summed E-state index contributed by atoms with van der Waals surface area (Å²) >= 11 is 0. The van der Waals surface area contributed by atoms with Gasteiger partial charge in [-0.3, -0.25) is 0 Å². The molecule has 1 N–H and O–H groups in total.